The van der Waals surface area contributed by atoms with E-state index >= 15 is 0 Å². The lowest BCUT2D eigenvalue weighted by Gasteiger charge is -2.15. The summed E-state index contributed by atoms with van der Waals surface area (Å²) in [4.78, 5) is 29.6. The van der Waals surface area contributed by atoms with Crippen LogP contribution >= 0.6 is 0 Å². The largest absolute Gasteiger partial charge is 0.370 e. The lowest BCUT2D eigenvalue weighted by atomic mass is 10.3. The molecule has 1 aromatic heterocycles. The molecule has 0 radical (unpaired) electrons. The highest BCUT2D eigenvalue weighted by atomic mass is 16.2. The average molecular weight is 304 g/mol. The summed E-state index contributed by atoms with van der Waals surface area (Å²) in [6, 6.07) is 5.37. The smallest absolute Gasteiger partial charge is 0.269 e. The number of anilines is 1. The van der Waals surface area contributed by atoms with Gasteiger partial charge in [-0.05, 0) is 31.4 Å². The van der Waals surface area contributed by atoms with Gasteiger partial charge >= 0.3 is 0 Å². The van der Waals surface area contributed by atoms with Crippen molar-refractivity contribution in [1.82, 2.24) is 15.2 Å². The molecule has 6 nitrogen and oxygen atoms in total. The van der Waals surface area contributed by atoms with Crippen LogP contribution in [0.5, 0.6) is 0 Å². The van der Waals surface area contributed by atoms with Crippen LogP contribution in [0.2, 0.25) is 0 Å². The molecule has 0 atom stereocenters. The monoisotopic (exact) mass is 304 g/mol. The molecule has 1 aliphatic heterocycles. The molecule has 6 heteroatoms. The maximum absolute atomic E-state index is 11.9. The second kappa shape index (κ2) is 8.36. The maximum Gasteiger partial charge on any atom is 0.269 e. The zero-order valence-corrected chi connectivity index (χ0v) is 13.1. The van der Waals surface area contributed by atoms with Crippen LogP contribution in [0.15, 0.2) is 18.2 Å². The minimum absolute atomic E-state index is 0.145. The third-order valence-corrected chi connectivity index (χ3v) is 3.60. The molecule has 1 aliphatic rings. The van der Waals surface area contributed by atoms with E-state index in [0.29, 0.717) is 24.5 Å². The maximum atomic E-state index is 11.9. The third-order valence-electron chi connectivity index (χ3n) is 3.60. The van der Waals surface area contributed by atoms with Crippen molar-refractivity contribution in [2.45, 2.75) is 32.6 Å². The molecule has 2 heterocycles. The minimum atomic E-state index is -0.145. The Hall–Kier alpha value is -2.11. The second-order valence-corrected chi connectivity index (χ2v) is 5.43. The van der Waals surface area contributed by atoms with Gasteiger partial charge in [0.2, 0.25) is 5.91 Å². The van der Waals surface area contributed by atoms with Gasteiger partial charge in [-0.3, -0.25) is 9.59 Å². The first-order valence-corrected chi connectivity index (χ1v) is 7.97. The molecule has 0 bridgehead atoms. The number of rotatable bonds is 8. The molecule has 0 aliphatic carbocycles. The zero-order valence-electron chi connectivity index (χ0n) is 13.1. The van der Waals surface area contributed by atoms with E-state index in [1.807, 2.05) is 24.0 Å². The molecule has 120 valence electrons. The summed E-state index contributed by atoms with van der Waals surface area (Å²) in [6.07, 6.45) is 3.44. The molecule has 0 spiro atoms. The quantitative estimate of drug-likeness (QED) is 0.716. The van der Waals surface area contributed by atoms with Gasteiger partial charge < -0.3 is 15.5 Å². The van der Waals surface area contributed by atoms with Crippen molar-refractivity contribution in [2.24, 2.45) is 0 Å². The first-order valence-electron chi connectivity index (χ1n) is 7.97. The lowest BCUT2D eigenvalue weighted by molar-refractivity contribution is -0.127. The van der Waals surface area contributed by atoms with Gasteiger partial charge in [-0.25, -0.2) is 4.98 Å². The predicted molar refractivity (Wildman–Crippen MR) is 85.8 cm³/mol. The number of nitrogens with one attached hydrogen (secondary N) is 2. The third kappa shape index (κ3) is 4.72. The number of carbonyl (C=O) groups is 2. The molecule has 22 heavy (non-hydrogen) atoms. The number of hydrogen-bond donors (Lipinski definition) is 2. The number of aromatic nitrogens is 1. The highest BCUT2D eigenvalue weighted by molar-refractivity contribution is 5.92. The van der Waals surface area contributed by atoms with Gasteiger partial charge in [-0.1, -0.05) is 13.0 Å². The summed E-state index contributed by atoms with van der Waals surface area (Å²) in [6.45, 7) is 5.06. The van der Waals surface area contributed by atoms with Crippen molar-refractivity contribution in [2.75, 3.05) is 31.5 Å². The Morgan fingerprint density at radius 3 is 2.95 bits per heavy atom. The van der Waals surface area contributed by atoms with E-state index in [2.05, 4.69) is 15.6 Å². The van der Waals surface area contributed by atoms with Crippen LogP contribution in [-0.4, -0.2) is 47.9 Å². The van der Waals surface area contributed by atoms with Crippen molar-refractivity contribution in [3.63, 3.8) is 0 Å². The SMILES string of the molecule is CCCNC(=O)c1cccc(NCCCN2CCCC2=O)n1. The van der Waals surface area contributed by atoms with Gasteiger partial charge in [0, 0.05) is 32.6 Å². The fourth-order valence-corrected chi connectivity index (χ4v) is 2.42. The summed E-state index contributed by atoms with van der Waals surface area (Å²) in [5, 5.41) is 6.02. The summed E-state index contributed by atoms with van der Waals surface area (Å²) >= 11 is 0. The van der Waals surface area contributed by atoms with E-state index in [1.54, 1.807) is 6.07 Å². The molecule has 0 unspecified atom stereocenters. The molecule has 0 saturated carbocycles. The van der Waals surface area contributed by atoms with Crippen LogP contribution in [0.4, 0.5) is 5.82 Å². The number of hydrogen-bond acceptors (Lipinski definition) is 4. The van der Waals surface area contributed by atoms with Gasteiger partial charge in [0.05, 0.1) is 0 Å². The van der Waals surface area contributed by atoms with Gasteiger partial charge in [0.15, 0.2) is 0 Å². The van der Waals surface area contributed by atoms with E-state index in [4.69, 9.17) is 0 Å². The number of amides is 2. The van der Waals surface area contributed by atoms with Crippen LogP contribution in [-0.2, 0) is 4.79 Å². The number of pyridine rings is 1. The first kappa shape index (κ1) is 16.3. The number of carbonyl (C=O) groups excluding carboxylic acids is 2. The molecule has 2 rings (SSSR count). The molecule has 1 fully saturated rings. The van der Waals surface area contributed by atoms with E-state index in [9.17, 15) is 9.59 Å². The Balaban J connectivity index is 1.75. The molecule has 2 N–H and O–H groups in total. The Labute approximate surface area is 131 Å². The van der Waals surface area contributed by atoms with Crippen molar-refractivity contribution in [1.29, 1.82) is 0 Å². The van der Waals surface area contributed by atoms with E-state index < -0.39 is 0 Å². The topological polar surface area (TPSA) is 74.3 Å². The highest BCUT2D eigenvalue weighted by Crippen LogP contribution is 2.10. The molecule has 0 aromatic carbocycles. The van der Waals surface area contributed by atoms with E-state index in [-0.39, 0.29) is 11.8 Å². The molecular weight excluding hydrogens is 280 g/mol. The summed E-state index contributed by atoms with van der Waals surface area (Å²) in [5.41, 5.74) is 0.424. The Bertz CT molecular complexity index is 519. The molecule has 1 saturated heterocycles. The van der Waals surface area contributed by atoms with E-state index in [0.717, 1.165) is 38.9 Å². The molecule has 1 aromatic rings. The summed E-state index contributed by atoms with van der Waals surface area (Å²) in [7, 11) is 0. The lowest BCUT2D eigenvalue weighted by Crippen LogP contribution is -2.27. The molecular formula is C16H24N4O2. The summed E-state index contributed by atoms with van der Waals surface area (Å²) in [5.74, 6) is 0.803. The second-order valence-electron chi connectivity index (χ2n) is 5.43. The van der Waals surface area contributed by atoms with Crippen LogP contribution in [0.3, 0.4) is 0 Å². The van der Waals surface area contributed by atoms with Crippen molar-refractivity contribution in [3.05, 3.63) is 23.9 Å². The Kier molecular flexibility index (Phi) is 6.18. The van der Waals surface area contributed by atoms with Gasteiger partial charge in [0.25, 0.3) is 5.91 Å². The Morgan fingerprint density at radius 1 is 1.36 bits per heavy atom. The fourth-order valence-electron chi connectivity index (χ4n) is 2.42. The fraction of sp³-hybridized carbons (Fsp3) is 0.562. The Morgan fingerprint density at radius 2 is 2.23 bits per heavy atom. The van der Waals surface area contributed by atoms with Crippen molar-refractivity contribution < 1.29 is 9.59 Å². The number of nitrogens with zero attached hydrogens (tertiary/aromatic N) is 2. The van der Waals surface area contributed by atoms with E-state index in [1.165, 1.54) is 0 Å². The van der Waals surface area contributed by atoms with Gasteiger partial charge in [0.1, 0.15) is 11.5 Å². The van der Waals surface area contributed by atoms with Crippen molar-refractivity contribution in [3.8, 4) is 0 Å². The summed E-state index contributed by atoms with van der Waals surface area (Å²) < 4.78 is 0. The van der Waals surface area contributed by atoms with Crippen LogP contribution < -0.4 is 10.6 Å². The predicted octanol–water partition coefficient (Wildman–Crippen LogP) is 1.65. The van der Waals surface area contributed by atoms with Crippen molar-refractivity contribution >= 4 is 17.6 Å². The highest BCUT2D eigenvalue weighted by Gasteiger charge is 2.18. The number of likely N-dealkylation sites (tertiary alicyclic amines) is 1. The van der Waals surface area contributed by atoms with Gasteiger partial charge in [-0.2, -0.15) is 0 Å². The van der Waals surface area contributed by atoms with Crippen LogP contribution in [0, 0.1) is 0 Å². The standard InChI is InChI=1S/C16H24N4O2/c1-2-9-18-16(22)13-6-3-7-14(19-13)17-10-5-12-20-11-4-8-15(20)21/h3,6-7H,2,4-5,8-12H2,1H3,(H,17,19)(H,18,22). The van der Waals surface area contributed by atoms with Crippen LogP contribution in [0.1, 0.15) is 43.1 Å². The normalized spacial score (nSPS) is 14.2. The van der Waals surface area contributed by atoms with Gasteiger partial charge in [-0.15, -0.1) is 0 Å². The molecule has 2 amide bonds. The first-order chi connectivity index (χ1) is 10.7. The zero-order chi connectivity index (χ0) is 15.8. The average Bonchev–Trinajstić information content (AvgIpc) is 2.94. The minimum Gasteiger partial charge on any atom is -0.370 e. The van der Waals surface area contributed by atoms with Crippen LogP contribution in [0.25, 0.3) is 0 Å².